The van der Waals surface area contributed by atoms with Crippen molar-refractivity contribution in [2.45, 2.75) is 89.0 Å². The zero-order valence-electron chi connectivity index (χ0n) is 21.7. The van der Waals surface area contributed by atoms with Crippen molar-refractivity contribution in [1.82, 2.24) is 9.55 Å². The Bertz CT molecular complexity index is 1140. The summed E-state index contributed by atoms with van der Waals surface area (Å²) >= 11 is -1.68. The number of allylic oxidation sites excluding steroid dienone is 3. The van der Waals surface area contributed by atoms with E-state index in [2.05, 4.69) is 4.98 Å². The van der Waals surface area contributed by atoms with Gasteiger partial charge in [0.25, 0.3) is 5.56 Å². The molecule has 1 aliphatic heterocycles. The van der Waals surface area contributed by atoms with Crippen LogP contribution in [0.1, 0.15) is 47.8 Å². The van der Waals surface area contributed by atoms with Gasteiger partial charge in [-0.2, -0.15) is 0 Å². The van der Waals surface area contributed by atoms with Gasteiger partial charge in [0.2, 0.25) is 0 Å². The van der Waals surface area contributed by atoms with Crippen LogP contribution >= 0.6 is 0 Å². The predicted octanol–water partition coefficient (Wildman–Crippen LogP) is 3.75. The molecule has 11 heteroatoms. The number of hydrogen-bond acceptors (Lipinski definition) is 6. The van der Waals surface area contributed by atoms with Crippen LogP contribution in [0.5, 0.6) is 0 Å². The van der Waals surface area contributed by atoms with Crippen LogP contribution in [0.4, 0.5) is 4.39 Å². The van der Waals surface area contributed by atoms with Crippen molar-refractivity contribution in [1.29, 1.82) is 0 Å². The molecular weight excluding hydrogens is 491 g/mol. The Balaban J connectivity index is 1.89. The highest BCUT2D eigenvalue weighted by molar-refractivity contribution is 7.81. The second kappa shape index (κ2) is 10.0. The molecule has 3 rings (SSSR count). The molecule has 0 amide bonds. The van der Waals surface area contributed by atoms with Crippen molar-refractivity contribution in [2.75, 3.05) is 6.61 Å². The number of halogens is 1. The minimum Gasteiger partial charge on any atom is -0.408 e. The fraction of sp³-hybridized carbons (Fsp3) is 0.667. The Hall–Kier alpha value is -1.66. The second-order valence-electron chi connectivity index (χ2n) is 11.1. The van der Waals surface area contributed by atoms with E-state index < -0.39 is 54.8 Å². The number of aromatic nitrogens is 2. The third-order valence-corrected chi connectivity index (χ3v) is 13.0. The predicted molar refractivity (Wildman–Crippen MR) is 137 cm³/mol. The highest BCUT2D eigenvalue weighted by Gasteiger charge is 2.59. The number of alkyl halides is 1. The number of aromatic amines is 1. The van der Waals surface area contributed by atoms with Crippen LogP contribution in [0.2, 0.25) is 18.1 Å². The van der Waals surface area contributed by atoms with E-state index in [1.165, 1.54) is 13.1 Å². The van der Waals surface area contributed by atoms with Gasteiger partial charge in [-0.25, -0.2) is 13.4 Å². The molecule has 1 N–H and O–H groups in total. The number of rotatable bonds is 7. The lowest BCUT2D eigenvalue weighted by molar-refractivity contribution is -0.0577. The molecule has 7 atom stereocenters. The zero-order valence-corrected chi connectivity index (χ0v) is 23.5. The Kier molecular flexibility index (Phi) is 7.98. The van der Waals surface area contributed by atoms with Crippen molar-refractivity contribution in [3.05, 3.63) is 56.9 Å². The van der Waals surface area contributed by atoms with Crippen LogP contribution in [-0.4, -0.2) is 51.8 Å². The summed E-state index contributed by atoms with van der Waals surface area (Å²) in [5.41, 5.74) is -2.42. The standard InChI is InChI=1S/C24H37FN2O6SSi/c1-15-9-10-18(16(2)13-15)34(30)31-14-17-20(33-35(7,8)23(3,4)5)24(6,25)21(32-17)27-12-11-19(28)26-22(27)29/h9-13,16-18,20-21H,14H2,1-8H3,(H,26,28,29)/t16?,17-,18?,20?,21-,24-,34-/m1/s1. The van der Waals surface area contributed by atoms with Crippen LogP contribution in [0.25, 0.3) is 0 Å². The average Bonchev–Trinajstić information content (AvgIpc) is 2.95. The van der Waals surface area contributed by atoms with Gasteiger partial charge in [0.1, 0.15) is 12.2 Å². The SMILES string of the molecule is CC1=CC(C)C([S@](=O)OC[C@H]2O[C@@H](n3ccc(=O)[nH]c3=O)[C@](C)(F)C2O[Si](C)(C)C(C)(C)C)C=C1. The van der Waals surface area contributed by atoms with E-state index in [-0.39, 0.29) is 22.8 Å². The van der Waals surface area contributed by atoms with Crippen LogP contribution in [0.15, 0.2) is 45.7 Å². The van der Waals surface area contributed by atoms with Crippen LogP contribution in [0, 0.1) is 5.92 Å². The maximum Gasteiger partial charge on any atom is 0.330 e. The summed E-state index contributed by atoms with van der Waals surface area (Å²) < 4.78 is 48.6. The van der Waals surface area contributed by atoms with E-state index in [9.17, 15) is 13.8 Å². The first-order valence-electron chi connectivity index (χ1n) is 11.8. The van der Waals surface area contributed by atoms with Crippen molar-refractivity contribution >= 4 is 19.4 Å². The Morgan fingerprint density at radius 3 is 2.54 bits per heavy atom. The average molecular weight is 529 g/mol. The summed E-state index contributed by atoms with van der Waals surface area (Å²) in [6.07, 6.45) is 3.63. The molecule has 0 spiro atoms. The van der Waals surface area contributed by atoms with Gasteiger partial charge in [-0.15, -0.1) is 0 Å². The van der Waals surface area contributed by atoms with Crippen LogP contribution in [-0.2, 0) is 24.4 Å². The highest BCUT2D eigenvalue weighted by Crippen LogP contribution is 2.47. The fourth-order valence-electron chi connectivity index (χ4n) is 4.07. The zero-order chi connectivity index (χ0) is 26.3. The maximum atomic E-state index is 16.4. The molecule has 0 aromatic carbocycles. The molecule has 2 heterocycles. The minimum atomic E-state index is -2.48. The molecule has 8 nitrogen and oxygen atoms in total. The summed E-state index contributed by atoms with van der Waals surface area (Å²) in [6.45, 7) is 15.2. The summed E-state index contributed by atoms with van der Waals surface area (Å²) in [5, 5.41) is -0.550. The molecule has 35 heavy (non-hydrogen) atoms. The molecule has 0 bridgehead atoms. The number of ether oxygens (including phenoxy) is 1. The summed E-state index contributed by atoms with van der Waals surface area (Å²) in [4.78, 5) is 26.1. The monoisotopic (exact) mass is 528 g/mol. The van der Waals surface area contributed by atoms with Gasteiger partial charge >= 0.3 is 5.69 Å². The molecule has 0 radical (unpaired) electrons. The van der Waals surface area contributed by atoms with Gasteiger partial charge in [0, 0.05) is 12.3 Å². The topological polar surface area (TPSA) is 99.6 Å². The normalized spacial score (nSPS) is 32.5. The number of nitrogens with one attached hydrogen (secondary N) is 1. The van der Waals surface area contributed by atoms with Crippen molar-refractivity contribution in [3.8, 4) is 0 Å². The fourth-order valence-corrected chi connectivity index (χ4v) is 6.51. The van der Waals surface area contributed by atoms with Crippen molar-refractivity contribution < 1.29 is 21.9 Å². The van der Waals surface area contributed by atoms with E-state index in [4.69, 9.17) is 13.3 Å². The second-order valence-corrected chi connectivity index (χ2v) is 17.2. The van der Waals surface area contributed by atoms with Crippen molar-refractivity contribution in [3.63, 3.8) is 0 Å². The van der Waals surface area contributed by atoms with Crippen molar-refractivity contribution in [2.24, 2.45) is 5.92 Å². The first kappa shape index (κ1) is 27.9. The van der Waals surface area contributed by atoms with Gasteiger partial charge in [-0.05, 0) is 37.9 Å². The number of nitrogens with zero attached hydrogens (tertiary/aromatic N) is 1. The molecule has 3 unspecified atom stereocenters. The summed E-state index contributed by atoms with van der Waals surface area (Å²) in [6, 6.07) is 1.13. The highest BCUT2D eigenvalue weighted by atomic mass is 32.2. The quantitative estimate of drug-likeness (QED) is 0.541. The lowest BCUT2D eigenvalue weighted by Gasteiger charge is -2.41. The molecule has 1 saturated heterocycles. The Labute approximate surface area is 209 Å². The molecule has 1 aromatic heterocycles. The number of H-pyrrole nitrogens is 1. The van der Waals surface area contributed by atoms with E-state index >= 15 is 4.39 Å². The molecule has 1 aromatic rings. The van der Waals surface area contributed by atoms with Gasteiger partial charge in [0.05, 0.1) is 11.9 Å². The maximum absolute atomic E-state index is 16.4. The lowest BCUT2D eigenvalue weighted by Crippen LogP contribution is -2.53. The minimum absolute atomic E-state index is 0.0171. The molecular formula is C24H37FN2O6SSi. The first-order valence-corrected chi connectivity index (χ1v) is 15.8. The van der Waals surface area contributed by atoms with E-state index in [0.29, 0.717) is 0 Å². The van der Waals surface area contributed by atoms with E-state index in [1.54, 1.807) is 0 Å². The third-order valence-electron chi connectivity index (χ3n) is 7.18. The van der Waals surface area contributed by atoms with Gasteiger partial charge < -0.3 is 9.16 Å². The molecule has 1 aliphatic carbocycles. The molecule has 1 fully saturated rings. The summed E-state index contributed by atoms with van der Waals surface area (Å²) in [5.74, 6) is 0.0171. The van der Waals surface area contributed by atoms with Gasteiger partial charge in [0.15, 0.2) is 31.3 Å². The summed E-state index contributed by atoms with van der Waals surface area (Å²) in [7, 11) is -2.48. The molecule has 0 saturated carbocycles. The van der Waals surface area contributed by atoms with Crippen LogP contribution in [0.3, 0.4) is 0 Å². The lowest BCUT2D eigenvalue weighted by atomic mass is 9.98. The van der Waals surface area contributed by atoms with Crippen LogP contribution < -0.4 is 11.2 Å². The van der Waals surface area contributed by atoms with E-state index in [1.807, 2.05) is 65.9 Å². The molecule has 196 valence electrons. The smallest absolute Gasteiger partial charge is 0.330 e. The first-order chi connectivity index (χ1) is 16.0. The number of hydrogen-bond donors (Lipinski definition) is 1. The van der Waals surface area contributed by atoms with Gasteiger partial charge in [-0.3, -0.25) is 18.5 Å². The Morgan fingerprint density at radius 2 is 1.97 bits per heavy atom. The van der Waals surface area contributed by atoms with E-state index in [0.717, 1.165) is 16.2 Å². The largest absolute Gasteiger partial charge is 0.408 e. The third kappa shape index (κ3) is 5.85. The molecule has 2 aliphatic rings. The Morgan fingerprint density at radius 1 is 1.31 bits per heavy atom. The van der Waals surface area contributed by atoms with Gasteiger partial charge in [-0.1, -0.05) is 51.5 Å².